The number of hydrogen-bond donors (Lipinski definition) is 0. The number of aryl methyl sites for hydroxylation is 1. The zero-order valence-corrected chi connectivity index (χ0v) is 18.4. The van der Waals surface area contributed by atoms with E-state index in [1.807, 2.05) is 60.4 Å². The Morgan fingerprint density at radius 2 is 1.96 bits per heavy atom. The number of sulfone groups is 1. The van der Waals surface area contributed by atoms with Crippen molar-refractivity contribution in [2.24, 2.45) is 4.99 Å². The summed E-state index contributed by atoms with van der Waals surface area (Å²) in [7, 11) is -3.08. The SMILES string of the molecule is Cc1ccc(CC(=O)N=C2S[C@H]3CS(=O)(=O)C[C@H]3N2c2cccc(Br)c2)cc1. The van der Waals surface area contributed by atoms with Gasteiger partial charge in [0.1, 0.15) is 0 Å². The van der Waals surface area contributed by atoms with E-state index >= 15 is 0 Å². The van der Waals surface area contributed by atoms with Crippen molar-refractivity contribution in [2.45, 2.75) is 24.6 Å². The second-order valence-corrected chi connectivity index (χ2v) is 11.4. The number of nitrogens with zero attached hydrogens (tertiary/aromatic N) is 2. The number of anilines is 1. The second-order valence-electron chi connectivity index (χ2n) is 7.10. The maximum absolute atomic E-state index is 12.6. The molecule has 2 atom stereocenters. The van der Waals surface area contributed by atoms with Crippen LogP contribution in [0.5, 0.6) is 0 Å². The first-order valence-corrected chi connectivity index (χ1v) is 12.4. The third kappa shape index (κ3) is 4.18. The van der Waals surface area contributed by atoms with Crippen molar-refractivity contribution in [3.63, 3.8) is 0 Å². The van der Waals surface area contributed by atoms with Gasteiger partial charge in [0.15, 0.2) is 15.0 Å². The molecule has 4 rings (SSSR count). The minimum atomic E-state index is -3.08. The van der Waals surface area contributed by atoms with E-state index in [1.165, 1.54) is 11.8 Å². The molecule has 0 aromatic heterocycles. The summed E-state index contributed by atoms with van der Waals surface area (Å²) in [6, 6.07) is 15.3. The largest absolute Gasteiger partial charge is 0.316 e. The quantitative estimate of drug-likeness (QED) is 0.673. The van der Waals surface area contributed by atoms with Crippen molar-refractivity contribution in [3.8, 4) is 0 Å². The molecule has 0 radical (unpaired) electrons. The number of thioether (sulfide) groups is 1. The van der Waals surface area contributed by atoms with Crippen LogP contribution in [-0.4, -0.2) is 42.3 Å². The van der Waals surface area contributed by atoms with Gasteiger partial charge >= 0.3 is 0 Å². The van der Waals surface area contributed by atoms with Gasteiger partial charge in [-0.2, -0.15) is 4.99 Å². The lowest BCUT2D eigenvalue weighted by Gasteiger charge is -2.24. The van der Waals surface area contributed by atoms with Crippen LogP contribution in [0.1, 0.15) is 11.1 Å². The van der Waals surface area contributed by atoms with Gasteiger partial charge in [-0.15, -0.1) is 0 Å². The van der Waals surface area contributed by atoms with Gasteiger partial charge in [0.2, 0.25) is 0 Å². The molecule has 2 saturated heterocycles. The van der Waals surface area contributed by atoms with Gasteiger partial charge in [0.25, 0.3) is 5.91 Å². The number of fused-ring (bicyclic) bond motifs is 1. The molecule has 2 aromatic rings. The highest BCUT2D eigenvalue weighted by Gasteiger charge is 2.49. The average molecular weight is 479 g/mol. The molecule has 146 valence electrons. The van der Waals surface area contributed by atoms with E-state index in [9.17, 15) is 13.2 Å². The summed E-state index contributed by atoms with van der Waals surface area (Å²) < 4.78 is 25.2. The normalized spacial score (nSPS) is 24.5. The molecule has 0 aliphatic carbocycles. The topological polar surface area (TPSA) is 66.8 Å². The van der Waals surface area contributed by atoms with Gasteiger partial charge in [-0.05, 0) is 30.7 Å². The van der Waals surface area contributed by atoms with Gasteiger partial charge in [0.05, 0.1) is 24.0 Å². The van der Waals surface area contributed by atoms with Crippen LogP contribution < -0.4 is 4.90 Å². The van der Waals surface area contributed by atoms with Crippen LogP contribution >= 0.6 is 27.7 Å². The highest BCUT2D eigenvalue weighted by Crippen LogP contribution is 2.41. The van der Waals surface area contributed by atoms with Gasteiger partial charge in [-0.3, -0.25) is 4.79 Å². The van der Waals surface area contributed by atoms with Gasteiger partial charge in [-0.1, -0.05) is 63.6 Å². The van der Waals surface area contributed by atoms with E-state index < -0.39 is 9.84 Å². The first-order valence-electron chi connectivity index (χ1n) is 8.90. The molecular formula is C20H19BrN2O3S2. The molecule has 2 aliphatic heterocycles. The fourth-order valence-corrected chi connectivity index (χ4v) is 7.84. The van der Waals surface area contributed by atoms with Crippen molar-refractivity contribution in [1.29, 1.82) is 0 Å². The number of benzene rings is 2. The molecule has 8 heteroatoms. The summed E-state index contributed by atoms with van der Waals surface area (Å²) in [4.78, 5) is 18.9. The molecule has 5 nitrogen and oxygen atoms in total. The van der Waals surface area contributed by atoms with Gasteiger partial charge < -0.3 is 4.90 Å². The Morgan fingerprint density at radius 3 is 2.68 bits per heavy atom. The number of rotatable bonds is 3. The average Bonchev–Trinajstić information content (AvgIpc) is 3.07. The monoisotopic (exact) mass is 478 g/mol. The number of carbonyl (C=O) groups is 1. The van der Waals surface area contributed by atoms with Crippen molar-refractivity contribution in [1.82, 2.24) is 0 Å². The first-order chi connectivity index (χ1) is 13.3. The van der Waals surface area contributed by atoms with Crippen LogP contribution in [0, 0.1) is 6.92 Å². The Hall–Kier alpha value is -1.64. The number of hydrogen-bond acceptors (Lipinski definition) is 4. The predicted molar refractivity (Wildman–Crippen MR) is 118 cm³/mol. The minimum Gasteiger partial charge on any atom is -0.316 e. The van der Waals surface area contributed by atoms with E-state index in [-0.39, 0.29) is 35.1 Å². The molecule has 2 heterocycles. The van der Waals surface area contributed by atoms with Crippen LogP contribution in [0.3, 0.4) is 0 Å². The fourth-order valence-electron chi connectivity index (χ4n) is 3.52. The van der Waals surface area contributed by atoms with Crippen LogP contribution in [0.2, 0.25) is 0 Å². The third-order valence-corrected chi connectivity index (χ3v) is 8.55. The molecule has 28 heavy (non-hydrogen) atoms. The zero-order chi connectivity index (χ0) is 19.9. The Morgan fingerprint density at radius 1 is 1.21 bits per heavy atom. The molecule has 2 aliphatic rings. The van der Waals surface area contributed by atoms with Crippen molar-refractivity contribution in [2.75, 3.05) is 16.4 Å². The van der Waals surface area contributed by atoms with E-state index in [1.54, 1.807) is 0 Å². The molecule has 2 fully saturated rings. The van der Waals surface area contributed by atoms with Gasteiger partial charge in [0, 0.05) is 15.4 Å². The lowest BCUT2D eigenvalue weighted by molar-refractivity contribution is -0.117. The van der Waals surface area contributed by atoms with Crippen LogP contribution in [0.4, 0.5) is 5.69 Å². The Bertz CT molecular complexity index is 1050. The Labute approximate surface area is 177 Å². The molecule has 0 bridgehead atoms. The summed E-state index contributed by atoms with van der Waals surface area (Å²) >= 11 is 4.86. The van der Waals surface area contributed by atoms with Crippen LogP contribution in [0.15, 0.2) is 58.0 Å². The highest BCUT2D eigenvalue weighted by molar-refractivity contribution is 9.10. The number of carbonyl (C=O) groups excluding carboxylic acids is 1. The second kappa shape index (κ2) is 7.65. The summed E-state index contributed by atoms with van der Waals surface area (Å²) in [5.74, 6) is -0.0189. The van der Waals surface area contributed by atoms with Crippen molar-refractivity contribution in [3.05, 3.63) is 64.1 Å². The van der Waals surface area contributed by atoms with E-state index in [0.717, 1.165) is 21.3 Å². The highest BCUT2D eigenvalue weighted by atomic mass is 79.9. The number of amidine groups is 1. The molecule has 0 N–H and O–H groups in total. The van der Waals surface area contributed by atoms with Crippen molar-refractivity contribution < 1.29 is 13.2 Å². The lowest BCUT2D eigenvalue weighted by Crippen LogP contribution is -2.37. The number of aliphatic imine (C=N–C) groups is 1. The van der Waals surface area contributed by atoms with E-state index in [4.69, 9.17) is 0 Å². The molecule has 1 amide bonds. The fraction of sp³-hybridized carbons (Fsp3) is 0.300. The van der Waals surface area contributed by atoms with Gasteiger partial charge in [-0.25, -0.2) is 8.42 Å². The van der Waals surface area contributed by atoms with Crippen LogP contribution in [-0.2, 0) is 21.1 Å². The molecular weight excluding hydrogens is 460 g/mol. The summed E-state index contributed by atoms with van der Waals surface area (Å²) in [6.45, 7) is 2.00. The van der Waals surface area contributed by atoms with Crippen LogP contribution in [0.25, 0.3) is 0 Å². The Balaban J connectivity index is 1.63. The number of halogens is 1. The maximum Gasteiger partial charge on any atom is 0.252 e. The first kappa shape index (κ1) is 19.7. The minimum absolute atomic E-state index is 0.0857. The smallest absolute Gasteiger partial charge is 0.252 e. The third-order valence-electron chi connectivity index (χ3n) is 4.85. The van der Waals surface area contributed by atoms with E-state index in [2.05, 4.69) is 20.9 Å². The lowest BCUT2D eigenvalue weighted by atomic mass is 10.1. The summed E-state index contributed by atoms with van der Waals surface area (Å²) in [6.07, 6.45) is 0.226. The summed E-state index contributed by atoms with van der Waals surface area (Å²) in [5.41, 5.74) is 2.90. The zero-order valence-electron chi connectivity index (χ0n) is 15.2. The Kier molecular flexibility index (Phi) is 5.37. The summed E-state index contributed by atoms with van der Waals surface area (Å²) in [5, 5.41) is 0.481. The maximum atomic E-state index is 12.6. The standard InChI is InChI=1S/C20H19BrN2O3S2/c1-13-5-7-14(8-6-13)9-19(24)22-20-23(16-4-2-3-15(21)10-16)17-11-28(25,26)12-18(17)27-20/h2-8,10,17-18H,9,11-12H2,1H3/t17-,18+/m1/s1. The van der Waals surface area contributed by atoms with Crippen molar-refractivity contribution >= 4 is 54.3 Å². The number of amides is 1. The predicted octanol–water partition coefficient (Wildman–Crippen LogP) is 3.60. The molecule has 2 aromatic carbocycles. The molecule has 0 spiro atoms. The molecule has 0 unspecified atom stereocenters. The van der Waals surface area contributed by atoms with E-state index in [0.29, 0.717) is 5.17 Å². The molecule has 0 saturated carbocycles.